The molecular weight excluding hydrogens is 276 g/mol. The van der Waals surface area contributed by atoms with Crippen molar-refractivity contribution in [1.29, 1.82) is 0 Å². The highest BCUT2D eigenvalue weighted by Gasteiger charge is 2.32. The van der Waals surface area contributed by atoms with Gasteiger partial charge in [-0.25, -0.2) is 13.6 Å². The van der Waals surface area contributed by atoms with Crippen LogP contribution < -0.4 is 10.5 Å². The molecule has 1 aromatic carbocycles. The summed E-state index contributed by atoms with van der Waals surface area (Å²) < 4.78 is 23.0. The van der Waals surface area contributed by atoms with Crippen molar-refractivity contribution >= 4 is 15.9 Å². The van der Waals surface area contributed by atoms with Crippen LogP contribution in [0.3, 0.4) is 0 Å². The molecule has 0 heterocycles. The Morgan fingerprint density at radius 3 is 2.45 bits per heavy atom. The van der Waals surface area contributed by atoms with Crippen LogP contribution in [0, 0.1) is 25.7 Å². The summed E-state index contributed by atoms with van der Waals surface area (Å²) in [6.45, 7) is 6.24. The summed E-state index contributed by atoms with van der Waals surface area (Å²) >= 11 is 0. The Labute approximate surface area is 119 Å². The molecule has 1 amide bonds. The van der Waals surface area contributed by atoms with E-state index in [1.807, 2.05) is 0 Å². The number of nitrogens with two attached hydrogens (primary N) is 1. The number of amides is 1. The van der Waals surface area contributed by atoms with Gasteiger partial charge in [0.2, 0.25) is 10.0 Å². The molecular formula is C14H20N2O3S. The Morgan fingerprint density at radius 1 is 1.35 bits per heavy atom. The third-order valence-corrected chi connectivity index (χ3v) is 4.93. The number of nitrogens with one attached hydrogen (secondary N) is 1. The molecule has 1 fully saturated rings. The highest BCUT2D eigenvalue weighted by Crippen LogP contribution is 2.36. The third kappa shape index (κ3) is 3.19. The molecule has 0 aliphatic heterocycles. The molecule has 2 unspecified atom stereocenters. The predicted molar refractivity (Wildman–Crippen MR) is 76.9 cm³/mol. The lowest BCUT2D eigenvalue weighted by Crippen LogP contribution is -2.27. The Morgan fingerprint density at radius 2 is 1.95 bits per heavy atom. The van der Waals surface area contributed by atoms with E-state index in [9.17, 15) is 13.2 Å². The second-order valence-corrected chi connectivity index (χ2v) is 7.19. The zero-order valence-corrected chi connectivity index (χ0v) is 12.8. The van der Waals surface area contributed by atoms with Gasteiger partial charge in [0.15, 0.2) is 0 Å². The number of carbonyl (C=O) groups excluding carboxylic acids is 1. The summed E-state index contributed by atoms with van der Waals surface area (Å²) in [5.41, 5.74) is 1.67. The van der Waals surface area contributed by atoms with Crippen molar-refractivity contribution in [1.82, 2.24) is 5.32 Å². The van der Waals surface area contributed by atoms with E-state index in [1.165, 1.54) is 6.07 Å². The minimum Gasteiger partial charge on any atom is -0.352 e. The monoisotopic (exact) mass is 296 g/mol. The van der Waals surface area contributed by atoms with Gasteiger partial charge in [0, 0.05) is 12.1 Å². The first-order valence-electron chi connectivity index (χ1n) is 6.62. The molecule has 2 atom stereocenters. The summed E-state index contributed by atoms with van der Waals surface area (Å²) in [5, 5.41) is 8.02. The highest BCUT2D eigenvalue weighted by molar-refractivity contribution is 7.89. The molecule has 0 radical (unpaired) electrons. The lowest BCUT2D eigenvalue weighted by Gasteiger charge is -2.11. The minimum absolute atomic E-state index is 0.00744. The van der Waals surface area contributed by atoms with E-state index < -0.39 is 10.0 Å². The van der Waals surface area contributed by atoms with Gasteiger partial charge in [-0.05, 0) is 49.3 Å². The fraction of sp³-hybridized carbons (Fsp3) is 0.500. The van der Waals surface area contributed by atoms with E-state index in [-0.39, 0.29) is 10.8 Å². The fourth-order valence-corrected chi connectivity index (χ4v) is 3.18. The maximum absolute atomic E-state index is 12.1. The van der Waals surface area contributed by atoms with Crippen molar-refractivity contribution in [3.05, 3.63) is 28.8 Å². The van der Waals surface area contributed by atoms with Crippen molar-refractivity contribution in [2.45, 2.75) is 32.1 Å². The van der Waals surface area contributed by atoms with Gasteiger partial charge >= 0.3 is 0 Å². The molecule has 2 rings (SSSR count). The molecule has 3 N–H and O–H groups in total. The first-order chi connectivity index (χ1) is 9.20. The maximum atomic E-state index is 12.1. The largest absolute Gasteiger partial charge is 0.352 e. The minimum atomic E-state index is -3.81. The highest BCUT2D eigenvalue weighted by atomic mass is 32.2. The second kappa shape index (κ2) is 5.18. The van der Waals surface area contributed by atoms with Gasteiger partial charge in [-0.3, -0.25) is 4.79 Å². The molecule has 1 aliphatic carbocycles. The van der Waals surface area contributed by atoms with E-state index >= 15 is 0 Å². The SMILES string of the molecule is Cc1cc(C)c(S(N)(=O)=O)cc1C(=O)NCC1CC1C. The van der Waals surface area contributed by atoms with Gasteiger partial charge in [0.1, 0.15) is 0 Å². The number of carbonyl (C=O) groups is 1. The summed E-state index contributed by atoms with van der Waals surface area (Å²) in [6.07, 6.45) is 1.13. The van der Waals surface area contributed by atoms with Crippen molar-refractivity contribution in [3.63, 3.8) is 0 Å². The number of rotatable bonds is 4. The molecule has 0 bridgehead atoms. The zero-order valence-electron chi connectivity index (χ0n) is 11.9. The molecule has 0 aromatic heterocycles. The molecule has 5 nitrogen and oxygen atoms in total. The second-order valence-electron chi connectivity index (χ2n) is 5.66. The van der Waals surface area contributed by atoms with E-state index in [4.69, 9.17) is 5.14 Å². The predicted octanol–water partition coefficient (Wildman–Crippen LogP) is 1.34. The number of sulfonamides is 1. The maximum Gasteiger partial charge on any atom is 0.251 e. The first kappa shape index (κ1) is 15.0. The topological polar surface area (TPSA) is 89.3 Å². The Bertz CT molecular complexity index is 653. The smallest absolute Gasteiger partial charge is 0.251 e. The fourth-order valence-electron chi connectivity index (χ4n) is 2.39. The number of primary sulfonamides is 1. The number of hydrogen-bond donors (Lipinski definition) is 2. The van der Waals surface area contributed by atoms with Crippen LogP contribution in [0.4, 0.5) is 0 Å². The molecule has 6 heteroatoms. The van der Waals surface area contributed by atoms with Gasteiger partial charge in [0.25, 0.3) is 5.91 Å². The average molecular weight is 296 g/mol. The van der Waals surface area contributed by atoms with Gasteiger partial charge in [0.05, 0.1) is 4.90 Å². The molecule has 1 aliphatic rings. The Balaban J connectivity index is 2.24. The molecule has 20 heavy (non-hydrogen) atoms. The van der Waals surface area contributed by atoms with Crippen LogP contribution in [0.5, 0.6) is 0 Å². The van der Waals surface area contributed by atoms with E-state index in [0.717, 1.165) is 12.0 Å². The lowest BCUT2D eigenvalue weighted by atomic mass is 10.0. The van der Waals surface area contributed by atoms with Gasteiger partial charge in [-0.1, -0.05) is 13.0 Å². The zero-order chi connectivity index (χ0) is 15.1. The molecule has 110 valence electrons. The van der Waals surface area contributed by atoms with Crippen molar-refractivity contribution in [2.24, 2.45) is 17.0 Å². The number of aryl methyl sites for hydroxylation is 2. The van der Waals surface area contributed by atoms with Crippen LogP contribution in [0.15, 0.2) is 17.0 Å². The van der Waals surface area contributed by atoms with Crippen LogP contribution in [-0.4, -0.2) is 20.9 Å². The van der Waals surface area contributed by atoms with Crippen LogP contribution in [-0.2, 0) is 10.0 Å². The van der Waals surface area contributed by atoms with Crippen molar-refractivity contribution < 1.29 is 13.2 Å². The van der Waals surface area contributed by atoms with E-state index in [0.29, 0.717) is 29.5 Å². The average Bonchev–Trinajstić information content (AvgIpc) is 3.00. The summed E-state index contributed by atoms with van der Waals surface area (Å²) in [7, 11) is -3.81. The Hall–Kier alpha value is -1.40. The van der Waals surface area contributed by atoms with Crippen LogP contribution in [0.2, 0.25) is 0 Å². The van der Waals surface area contributed by atoms with Crippen molar-refractivity contribution in [2.75, 3.05) is 6.54 Å². The van der Waals surface area contributed by atoms with Crippen molar-refractivity contribution in [3.8, 4) is 0 Å². The quantitative estimate of drug-likeness (QED) is 0.878. The standard InChI is InChI=1S/C14H20N2O3S/c1-8-5-11(8)7-16-14(17)12-6-13(20(15,18)19)10(3)4-9(12)2/h4,6,8,11H,5,7H2,1-3H3,(H,16,17)(H2,15,18,19). The molecule has 1 saturated carbocycles. The number of hydrogen-bond acceptors (Lipinski definition) is 3. The van der Waals surface area contributed by atoms with Crippen LogP contribution in [0.1, 0.15) is 34.8 Å². The third-order valence-electron chi connectivity index (χ3n) is 3.87. The Kier molecular flexibility index (Phi) is 3.88. The van der Waals surface area contributed by atoms with Crippen LogP contribution >= 0.6 is 0 Å². The lowest BCUT2D eigenvalue weighted by molar-refractivity contribution is 0.0950. The number of benzene rings is 1. The normalized spacial score (nSPS) is 21.6. The molecule has 1 aromatic rings. The van der Waals surface area contributed by atoms with Gasteiger partial charge in [-0.15, -0.1) is 0 Å². The summed E-state index contributed by atoms with van der Waals surface area (Å²) in [4.78, 5) is 12.2. The van der Waals surface area contributed by atoms with Crippen LogP contribution in [0.25, 0.3) is 0 Å². The summed E-state index contributed by atoms with van der Waals surface area (Å²) in [6, 6.07) is 3.04. The molecule has 0 saturated heterocycles. The van der Waals surface area contributed by atoms with Gasteiger partial charge in [-0.2, -0.15) is 0 Å². The molecule has 0 spiro atoms. The first-order valence-corrected chi connectivity index (χ1v) is 8.17. The summed E-state index contributed by atoms with van der Waals surface area (Å²) in [5.74, 6) is 0.961. The van der Waals surface area contributed by atoms with E-state index in [2.05, 4.69) is 12.2 Å². The van der Waals surface area contributed by atoms with Gasteiger partial charge < -0.3 is 5.32 Å². The van der Waals surface area contributed by atoms with E-state index in [1.54, 1.807) is 19.9 Å².